The number of nitrogens with zero attached hydrogens (tertiary/aromatic N) is 2. The standard InChI is InChI=1S/C11H16ClFN2O/c1-15(2)6-3-7-16-11-10(13)9(8-12)4-5-14-11/h4-5H,3,6-8H2,1-2H3. The first-order chi connectivity index (χ1) is 7.65. The first-order valence-electron chi connectivity index (χ1n) is 5.12. The van der Waals surface area contributed by atoms with Crippen molar-refractivity contribution < 1.29 is 9.13 Å². The molecule has 0 saturated carbocycles. The maximum atomic E-state index is 13.6. The molecule has 90 valence electrons. The van der Waals surface area contributed by atoms with Gasteiger partial charge in [0.05, 0.1) is 12.5 Å². The zero-order valence-corrected chi connectivity index (χ0v) is 10.3. The number of alkyl halides is 1. The second-order valence-corrected chi connectivity index (χ2v) is 4.00. The fraction of sp³-hybridized carbons (Fsp3) is 0.545. The van der Waals surface area contributed by atoms with Crippen LogP contribution < -0.4 is 4.74 Å². The highest BCUT2D eigenvalue weighted by Crippen LogP contribution is 2.18. The van der Waals surface area contributed by atoms with Crippen molar-refractivity contribution in [2.45, 2.75) is 12.3 Å². The van der Waals surface area contributed by atoms with E-state index in [2.05, 4.69) is 4.98 Å². The molecule has 0 atom stereocenters. The Morgan fingerprint density at radius 3 is 2.88 bits per heavy atom. The molecule has 16 heavy (non-hydrogen) atoms. The van der Waals surface area contributed by atoms with Crippen molar-refractivity contribution in [1.29, 1.82) is 0 Å². The van der Waals surface area contributed by atoms with Crippen LogP contribution in [0.25, 0.3) is 0 Å². The summed E-state index contributed by atoms with van der Waals surface area (Å²) in [6.45, 7) is 1.35. The van der Waals surface area contributed by atoms with E-state index in [1.54, 1.807) is 6.07 Å². The Kier molecular flexibility index (Phi) is 5.49. The van der Waals surface area contributed by atoms with Crippen LogP contribution in [0.5, 0.6) is 5.88 Å². The van der Waals surface area contributed by atoms with Gasteiger partial charge in [0, 0.05) is 18.3 Å². The Hall–Kier alpha value is -0.870. The molecular formula is C11H16ClFN2O. The van der Waals surface area contributed by atoms with Gasteiger partial charge in [-0.15, -0.1) is 11.6 Å². The van der Waals surface area contributed by atoms with Crippen LogP contribution in [0, 0.1) is 5.82 Å². The summed E-state index contributed by atoms with van der Waals surface area (Å²) in [5.41, 5.74) is 0.416. The molecule has 5 heteroatoms. The number of pyridine rings is 1. The summed E-state index contributed by atoms with van der Waals surface area (Å²) in [7, 11) is 3.96. The van der Waals surface area contributed by atoms with Gasteiger partial charge in [0.2, 0.25) is 0 Å². The van der Waals surface area contributed by atoms with Crippen LogP contribution in [-0.2, 0) is 5.88 Å². The van der Waals surface area contributed by atoms with E-state index >= 15 is 0 Å². The highest BCUT2D eigenvalue weighted by Gasteiger charge is 2.09. The van der Waals surface area contributed by atoms with Crippen molar-refractivity contribution in [3.05, 3.63) is 23.6 Å². The quantitative estimate of drug-likeness (QED) is 0.569. The molecule has 0 spiro atoms. The molecule has 3 nitrogen and oxygen atoms in total. The first kappa shape index (κ1) is 13.2. The number of halogens is 2. The molecule has 0 N–H and O–H groups in total. The lowest BCUT2D eigenvalue weighted by atomic mass is 10.3. The second kappa shape index (κ2) is 6.66. The summed E-state index contributed by atoms with van der Waals surface area (Å²) in [4.78, 5) is 5.88. The van der Waals surface area contributed by atoms with Gasteiger partial charge in [0.1, 0.15) is 0 Å². The van der Waals surface area contributed by atoms with E-state index < -0.39 is 5.82 Å². The molecule has 1 aromatic heterocycles. The van der Waals surface area contributed by atoms with Crippen LogP contribution >= 0.6 is 11.6 Å². The summed E-state index contributed by atoms with van der Waals surface area (Å²) >= 11 is 5.58. The highest BCUT2D eigenvalue weighted by atomic mass is 35.5. The first-order valence-corrected chi connectivity index (χ1v) is 5.65. The maximum absolute atomic E-state index is 13.6. The van der Waals surface area contributed by atoms with Gasteiger partial charge >= 0.3 is 0 Å². The lowest BCUT2D eigenvalue weighted by molar-refractivity contribution is 0.261. The van der Waals surface area contributed by atoms with Crippen molar-refractivity contribution in [1.82, 2.24) is 9.88 Å². The number of hydrogen-bond acceptors (Lipinski definition) is 3. The van der Waals surface area contributed by atoms with Crippen molar-refractivity contribution >= 4 is 11.6 Å². The summed E-state index contributed by atoms with van der Waals surface area (Å²) in [5.74, 6) is -0.290. The topological polar surface area (TPSA) is 25.4 Å². The van der Waals surface area contributed by atoms with Crippen molar-refractivity contribution in [2.24, 2.45) is 0 Å². The number of rotatable bonds is 6. The molecule has 0 amide bonds. The fourth-order valence-corrected chi connectivity index (χ4v) is 1.42. The Bertz CT molecular complexity index is 334. The molecule has 0 bridgehead atoms. The van der Waals surface area contributed by atoms with E-state index in [9.17, 15) is 4.39 Å². The smallest absolute Gasteiger partial charge is 0.250 e. The number of aromatic nitrogens is 1. The fourth-order valence-electron chi connectivity index (χ4n) is 1.22. The predicted molar refractivity (Wildman–Crippen MR) is 62.4 cm³/mol. The van der Waals surface area contributed by atoms with Crippen LogP contribution in [0.2, 0.25) is 0 Å². The molecule has 0 aliphatic rings. The third-order valence-electron chi connectivity index (χ3n) is 2.07. The summed E-state index contributed by atoms with van der Waals surface area (Å²) < 4.78 is 18.8. The molecular weight excluding hydrogens is 231 g/mol. The van der Waals surface area contributed by atoms with Gasteiger partial charge < -0.3 is 9.64 Å². The van der Waals surface area contributed by atoms with E-state index in [1.807, 2.05) is 19.0 Å². The SMILES string of the molecule is CN(C)CCCOc1nccc(CCl)c1F. The lowest BCUT2D eigenvalue weighted by Crippen LogP contribution is -2.16. The Morgan fingerprint density at radius 1 is 1.50 bits per heavy atom. The molecule has 0 aliphatic carbocycles. The van der Waals surface area contributed by atoms with Gasteiger partial charge in [-0.25, -0.2) is 9.37 Å². The van der Waals surface area contributed by atoms with Crippen molar-refractivity contribution in [2.75, 3.05) is 27.2 Å². The summed E-state index contributed by atoms with van der Waals surface area (Å²) in [6.07, 6.45) is 2.33. The maximum Gasteiger partial charge on any atom is 0.250 e. The van der Waals surface area contributed by atoms with Crippen molar-refractivity contribution in [3.63, 3.8) is 0 Å². The van der Waals surface area contributed by atoms with Gasteiger partial charge in [-0.05, 0) is 26.6 Å². The van der Waals surface area contributed by atoms with E-state index in [-0.39, 0.29) is 11.8 Å². The average Bonchev–Trinajstić information content (AvgIpc) is 2.26. The summed E-state index contributed by atoms with van der Waals surface area (Å²) in [6, 6.07) is 1.55. The molecule has 0 fully saturated rings. The Labute approximate surface area is 100 Å². The van der Waals surface area contributed by atoms with E-state index in [4.69, 9.17) is 16.3 Å². The van der Waals surface area contributed by atoms with Crippen LogP contribution in [0.15, 0.2) is 12.3 Å². The average molecular weight is 247 g/mol. The predicted octanol–water partition coefficient (Wildman–Crippen LogP) is 2.29. The monoisotopic (exact) mass is 246 g/mol. The molecule has 1 aromatic rings. The lowest BCUT2D eigenvalue weighted by Gasteiger charge is -2.10. The van der Waals surface area contributed by atoms with Gasteiger partial charge in [-0.3, -0.25) is 0 Å². The third-order valence-corrected chi connectivity index (χ3v) is 2.36. The molecule has 0 unspecified atom stereocenters. The van der Waals surface area contributed by atoms with Gasteiger partial charge in [-0.2, -0.15) is 0 Å². The number of hydrogen-bond donors (Lipinski definition) is 0. The van der Waals surface area contributed by atoms with Gasteiger partial charge in [0.15, 0.2) is 5.82 Å². The van der Waals surface area contributed by atoms with Gasteiger partial charge in [0.25, 0.3) is 5.88 Å². The largest absolute Gasteiger partial charge is 0.476 e. The molecule has 1 rings (SSSR count). The summed E-state index contributed by atoms with van der Waals surface area (Å²) in [5, 5.41) is 0. The minimum atomic E-state index is -0.456. The minimum absolute atomic E-state index is 0.0388. The van der Waals surface area contributed by atoms with E-state index in [0.717, 1.165) is 13.0 Å². The normalized spacial score (nSPS) is 10.8. The second-order valence-electron chi connectivity index (χ2n) is 3.73. The molecule has 0 aliphatic heterocycles. The minimum Gasteiger partial charge on any atom is -0.476 e. The molecule has 0 saturated heterocycles. The van der Waals surface area contributed by atoms with Crippen LogP contribution in [0.1, 0.15) is 12.0 Å². The molecule has 1 heterocycles. The van der Waals surface area contributed by atoms with E-state index in [1.165, 1.54) is 6.20 Å². The Morgan fingerprint density at radius 2 is 2.25 bits per heavy atom. The molecule has 0 aromatic carbocycles. The van der Waals surface area contributed by atoms with Crippen LogP contribution in [-0.4, -0.2) is 37.1 Å². The van der Waals surface area contributed by atoms with Crippen molar-refractivity contribution in [3.8, 4) is 5.88 Å². The van der Waals surface area contributed by atoms with Crippen LogP contribution in [0.3, 0.4) is 0 Å². The number of ether oxygens (including phenoxy) is 1. The van der Waals surface area contributed by atoms with Gasteiger partial charge in [-0.1, -0.05) is 0 Å². The zero-order valence-electron chi connectivity index (χ0n) is 9.54. The third kappa shape index (κ3) is 3.94. The van der Waals surface area contributed by atoms with E-state index in [0.29, 0.717) is 12.2 Å². The highest BCUT2D eigenvalue weighted by molar-refractivity contribution is 6.17. The Balaban J connectivity index is 2.47. The zero-order chi connectivity index (χ0) is 12.0. The molecule has 0 radical (unpaired) electrons. The van der Waals surface area contributed by atoms with Crippen LogP contribution in [0.4, 0.5) is 4.39 Å².